The molecule has 2 heterocycles. The van der Waals surface area contributed by atoms with Gasteiger partial charge in [0.05, 0.1) is 10.6 Å². The number of aromatic nitrogens is 1. The predicted molar refractivity (Wildman–Crippen MR) is 101 cm³/mol. The summed E-state index contributed by atoms with van der Waals surface area (Å²) in [4.78, 5) is 9.29. The normalized spacial score (nSPS) is 14.1. The highest BCUT2D eigenvalue weighted by Gasteiger charge is 2.14. The number of thiazole rings is 1. The minimum absolute atomic E-state index is 0.0277. The van der Waals surface area contributed by atoms with Crippen molar-refractivity contribution in [3.05, 3.63) is 64.5 Å². The van der Waals surface area contributed by atoms with Crippen molar-refractivity contribution in [2.45, 2.75) is 6.92 Å². The summed E-state index contributed by atoms with van der Waals surface area (Å²) in [7, 11) is 0. The number of hydrogen-bond donors (Lipinski definition) is 2. The van der Waals surface area contributed by atoms with Crippen LogP contribution in [0, 0.1) is 6.92 Å². The van der Waals surface area contributed by atoms with Crippen molar-refractivity contribution in [1.82, 2.24) is 4.98 Å². The summed E-state index contributed by atoms with van der Waals surface area (Å²) in [6.45, 7) is 2.05. The van der Waals surface area contributed by atoms with Crippen molar-refractivity contribution in [2.75, 3.05) is 5.32 Å². The number of rotatable bonds is 3. The molecule has 24 heavy (non-hydrogen) atoms. The number of nitrogens with zero attached hydrogens (tertiary/aromatic N) is 2. The second-order valence-corrected chi connectivity index (χ2v) is 6.60. The van der Waals surface area contributed by atoms with Crippen LogP contribution in [-0.4, -0.2) is 16.3 Å². The topological polar surface area (TPSA) is 57.5 Å². The highest BCUT2D eigenvalue weighted by Crippen LogP contribution is 2.37. The van der Waals surface area contributed by atoms with Gasteiger partial charge in [0.2, 0.25) is 5.88 Å². The molecule has 4 rings (SSSR count). The molecule has 1 aliphatic heterocycles. The Labute approximate surface area is 143 Å². The Morgan fingerprint density at radius 2 is 1.88 bits per heavy atom. The summed E-state index contributed by atoms with van der Waals surface area (Å²) in [6, 6.07) is 16.0. The van der Waals surface area contributed by atoms with Crippen molar-refractivity contribution < 1.29 is 5.11 Å². The van der Waals surface area contributed by atoms with Crippen LogP contribution in [0.3, 0.4) is 0 Å². The van der Waals surface area contributed by atoms with Crippen LogP contribution in [0.1, 0.15) is 16.0 Å². The molecule has 0 spiro atoms. The molecule has 5 heteroatoms. The number of benzene rings is 2. The molecular weight excluding hydrogens is 318 g/mol. The van der Waals surface area contributed by atoms with E-state index in [9.17, 15) is 5.11 Å². The van der Waals surface area contributed by atoms with Crippen LogP contribution in [0.2, 0.25) is 0 Å². The molecule has 0 fully saturated rings. The van der Waals surface area contributed by atoms with E-state index in [2.05, 4.69) is 15.3 Å². The fraction of sp³-hybridized carbons (Fsp3) is 0.0526. The van der Waals surface area contributed by atoms with Crippen molar-refractivity contribution >= 4 is 45.7 Å². The van der Waals surface area contributed by atoms with Gasteiger partial charge < -0.3 is 10.4 Å². The molecule has 2 aromatic carbocycles. The number of allylic oxidation sites excluding steroid dienone is 1. The van der Waals surface area contributed by atoms with Crippen molar-refractivity contribution in [2.24, 2.45) is 4.99 Å². The Balaban J connectivity index is 1.62. The molecule has 4 nitrogen and oxygen atoms in total. The molecule has 0 unspecified atom stereocenters. The fourth-order valence-electron chi connectivity index (χ4n) is 2.53. The number of anilines is 2. The van der Waals surface area contributed by atoms with Gasteiger partial charge in [-0.25, -0.2) is 0 Å². The van der Waals surface area contributed by atoms with Crippen molar-refractivity contribution in [1.29, 1.82) is 0 Å². The Morgan fingerprint density at radius 1 is 1.08 bits per heavy atom. The molecule has 2 N–H and O–H groups in total. The molecule has 0 saturated heterocycles. The van der Waals surface area contributed by atoms with E-state index in [0.29, 0.717) is 10.0 Å². The quantitative estimate of drug-likeness (QED) is 0.696. The molecule has 1 aromatic heterocycles. The maximum Gasteiger partial charge on any atom is 0.231 e. The number of para-hydroxylation sites is 1. The van der Waals surface area contributed by atoms with Crippen LogP contribution >= 0.6 is 11.3 Å². The van der Waals surface area contributed by atoms with Crippen molar-refractivity contribution in [3.63, 3.8) is 0 Å². The number of aromatic hydroxyl groups is 1. The molecule has 0 radical (unpaired) electrons. The number of aliphatic imine (C=N–C) groups is 1. The molecule has 0 aliphatic carbocycles. The molecule has 0 saturated carbocycles. The van der Waals surface area contributed by atoms with Gasteiger partial charge >= 0.3 is 0 Å². The van der Waals surface area contributed by atoms with E-state index >= 15 is 0 Å². The van der Waals surface area contributed by atoms with Crippen LogP contribution in [0.5, 0.6) is 5.88 Å². The first-order valence-corrected chi connectivity index (χ1v) is 8.39. The van der Waals surface area contributed by atoms with Gasteiger partial charge in [-0.2, -0.15) is 4.98 Å². The Morgan fingerprint density at radius 3 is 2.71 bits per heavy atom. The van der Waals surface area contributed by atoms with Gasteiger partial charge in [0.25, 0.3) is 0 Å². The van der Waals surface area contributed by atoms with E-state index < -0.39 is 0 Å². The second kappa shape index (κ2) is 5.94. The van der Waals surface area contributed by atoms with Crippen molar-refractivity contribution in [3.8, 4) is 5.88 Å². The van der Waals surface area contributed by atoms with Crippen LogP contribution in [0.25, 0.3) is 11.6 Å². The summed E-state index contributed by atoms with van der Waals surface area (Å²) in [6.07, 6.45) is 3.74. The van der Waals surface area contributed by atoms with Gasteiger partial charge in [-0.1, -0.05) is 47.2 Å². The van der Waals surface area contributed by atoms with E-state index in [1.807, 2.05) is 67.7 Å². The van der Waals surface area contributed by atoms with Gasteiger partial charge in [0.1, 0.15) is 0 Å². The molecule has 118 valence electrons. The van der Waals surface area contributed by atoms with Crippen LogP contribution in [0.4, 0.5) is 16.5 Å². The summed E-state index contributed by atoms with van der Waals surface area (Å²) in [5.41, 5.74) is 5.14. The first kappa shape index (κ1) is 14.7. The third-order valence-corrected chi connectivity index (χ3v) is 4.69. The van der Waals surface area contributed by atoms with Gasteiger partial charge in [-0.3, -0.25) is 4.99 Å². The zero-order valence-electron chi connectivity index (χ0n) is 13.0. The first-order chi connectivity index (χ1) is 11.7. The van der Waals surface area contributed by atoms with E-state index in [-0.39, 0.29) is 5.88 Å². The van der Waals surface area contributed by atoms with Crippen LogP contribution in [-0.2, 0) is 0 Å². The second-order valence-electron chi connectivity index (χ2n) is 5.57. The molecule has 3 aromatic rings. The number of nitrogens with one attached hydrogen (secondary N) is 1. The largest absolute Gasteiger partial charge is 0.492 e. The summed E-state index contributed by atoms with van der Waals surface area (Å²) < 4.78 is 0. The van der Waals surface area contributed by atoms with E-state index in [1.54, 1.807) is 0 Å². The lowest BCUT2D eigenvalue weighted by Crippen LogP contribution is -1.88. The molecule has 0 atom stereocenters. The monoisotopic (exact) mass is 333 g/mol. The van der Waals surface area contributed by atoms with Gasteiger partial charge in [-0.15, -0.1) is 0 Å². The maximum absolute atomic E-state index is 10.1. The fourth-order valence-corrected chi connectivity index (χ4v) is 3.36. The molecular formula is C19H15N3OS. The Hall–Kier alpha value is -2.92. The first-order valence-electron chi connectivity index (χ1n) is 7.58. The SMILES string of the molecule is Cc1ccc(Nc2nc(O)c(/C=C3\C=Nc4ccccc43)s2)cc1. The van der Waals surface area contributed by atoms with E-state index in [0.717, 1.165) is 22.5 Å². The smallest absolute Gasteiger partial charge is 0.231 e. The zero-order valence-corrected chi connectivity index (χ0v) is 13.8. The van der Waals surface area contributed by atoms with E-state index in [1.165, 1.54) is 16.9 Å². The average Bonchev–Trinajstić information content (AvgIpc) is 3.14. The Kier molecular flexibility index (Phi) is 3.63. The summed E-state index contributed by atoms with van der Waals surface area (Å²) in [5.74, 6) is 0.0277. The lowest BCUT2D eigenvalue weighted by molar-refractivity contribution is 0.457. The molecule has 1 aliphatic rings. The van der Waals surface area contributed by atoms with E-state index in [4.69, 9.17) is 0 Å². The zero-order chi connectivity index (χ0) is 16.5. The lowest BCUT2D eigenvalue weighted by Gasteiger charge is -2.01. The maximum atomic E-state index is 10.1. The number of aryl methyl sites for hydroxylation is 1. The van der Waals surface area contributed by atoms with Gasteiger partial charge in [0, 0.05) is 23.0 Å². The Bertz CT molecular complexity index is 955. The molecule has 0 bridgehead atoms. The molecule has 0 amide bonds. The minimum Gasteiger partial charge on any atom is -0.492 e. The highest BCUT2D eigenvalue weighted by molar-refractivity contribution is 7.16. The lowest BCUT2D eigenvalue weighted by atomic mass is 10.1. The third kappa shape index (κ3) is 2.81. The van der Waals surface area contributed by atoms with Crippen LogP contribution < -0.4 is 5.32 Å². The average molecular weight is 333 g/mol. The van der Waals surface area contributed by atoms with Gasteiger partial charge in [-0.05, 0) is 31.2 Å². The van der Waals surface area contributed by atoms with Gasteiger partial charge in [0.15, 0.2) is 5.13 Å². The summed E-state index contributed by atoms with van der Waals surface area (Å²) in [5, 5.41) is 14.0. The van der Waals surface area contributed by atoms with Crippen LogP contribution in [0.15, 0.2) is 53.5 Å². The number of fused-ring (bicyclic) bond motifs is 1. The highest BCUT2D eigenvalue weighted by atomic mass is 32.1. The number of hydrogen-bond acceptors (Lipinski definition) is 5. The summed E-state index contributed by atoms with van der Waals surface area (Å²) >= 11 is 1.41. The minimum atomic E-state index is 0.0277. The standard InChI is InChI=1S/C19H15N3OS/c1-12-6-8-14(9-7-12)21-19-22-18(23)17(24-19)10-13-11-20-16-5-3-2-4-15(13)16/h2-11,23H,1H3,(H,21,22)/b13-10+. The third-order valence-electron chi connectivity index (χ3n) is 3.78. The predicted octanol–water partition coefficient (Wildman–Crippen LogP) is 5.16.